The molecule has 128 valence electrons. The van der Waals surface area contributed by atoms with Gasteiger partial charge in [-0.25, -0.2) is 0 Å². The lowest BCUT2D eigenvalue weighted by atomic mass is 10.1. The zero-order valence-electron chi connectivity index (χ0n) is 13.3. The zero-order valence-corrected chi connectivity index (χ0v) is 14.8. The Morgan fingerprint density at radius 1 is 1.30 bits per heavy atom. The van der Waals surface area contributed by atoms with Crippen molar-refractivity contribution in [3.63, 3.8) is 0 Å². The monoisotopic (exact) mass is 360 g/mol. The number of carbonyl (C=O) groups is 2. The molecule has 0 saturated carbocycles. The minimum absolute atomic E-state index is 0.0787. The fourth-order valence-electron chi connectivity index (χ4n) is 1.96. The van der Waals surface area contributed by atoms with Gasteiger partial charge in [0.2, 0.25) is 5.91 Å². The van der Waals surface area contributed by atoms with Crippen LogP contribution in [0.1, 0.15) is 38.3 Å². The molecule has 1 atom stereocenters. The van der Waals surface area contributed by atoms with Crippen LogP contribution < -0.4 is 10.6 Å². The van der Waals surface area contributed by atoms with Gasteiger partial charge in [-0.2, -0.15) is 0 Å². The number of nitrogens with one attached hydrogen (secondary N) is 2. The molecule has 0 bridgehead atoms. The summed E-state index contributed by atoms with van der Waals surface area (Å²) in [6, 6.07) is 5.19. The lowest BCUT2D eigenvalue weighted by Gasteiger charge is -2.15. The largest absolute Gasteiger partial charge is 0.466 e. The lowest BCUT2D eigenvalue weighted by molar-refractivity contribution is -0.143. The molecule has 1 aromatic carbocycles. The first kappa shape index (κ1) is 19.7. The second-order valence-electron chi connectivity index (χ2n) is 5.03. The van der Waals surface area contributed by atoms with Gasteiger partial charge in [0.15, 0.2) is 0 Å². The summed E-state index contributed by atoms with van der Waals surface area (Å²) in [4.78, 5) is 22.9. The average molecular weight is 361 g/mol. The number of carbonyl (C=O) groups excluding carboxylic acids is 2. The van der Waals surface area contributed by atoms with Gasteiger partial charge in [-0.1, -0.05) is 29.3 Å². The second-order valence-corrected chi connectivity index (χ2v) is 5.87. The van der Waals surface area contributed by atoms with E-state index in [-0.39, 0.29) is 24.5 Å². The molecule has 0 spiro atoms. The number of hydrogen-bond donors (Lipinski definition) is 2. The fraction of sp³-hybridized carbons (Fsp3) is 0.500. The van der Waals surface area contributed by atoms with E-state index in [1.54, 1.807) is 19.1 Å². The van der Waals surface area contributed by atoms with Crippen molar-refractivity contribution >= 4 is 35.1 Å². The summed E-state index contributed by atoms with van der Waals surface area (Å²) < 4.78 is 4.81. The Labute approximate surface area is 146 Å². The van der Waals surface area contributed by atoms with E-state index in [1.165, 1.54) is 0 Å². The highest BCUT2D eigenvalue weighted by molar-refractivity contribution is 6.35. The van der Waals surface area contributed by atoms with Gasteiger partial charge in [0, 0.05) is 29.1 Å². The van der Waals surface area contributed by atoms with Gasteiger partial charge in [0.1, 0.15) is 0 Å². The summed E-state index contributed by atoms with van der Waals surface area (Å²) in [5, 5.41) is 6.98. The number of rotatable bonds is 9. The summed E-state index contributed by atoms with van der Waals surface area (Å²) in [7, 11) is 0. The maximum atomic E-state index is 11.7. The van der Waals surface area contributed by atoms with Crippen LogP contribution in [0.5, 0.6) is 0 Å². The second kappa shape index (κ2) is 10.5. The maximum absolute atomic E-state index is 11.7. The van der Waals surface area contributed by atoms with Crippen molar-refractivity contribution < 1.29 is 14.3 Å². The van der Waals surface area contributed by atoms with Crippen LogP contribution in [-0.2, 0) is 14.3 Å². The van der Waals surface area contributed by atoms with E-state index in [0.717, 1.165) is 5.56 Å². The van der Waals surface area contributed by atoms with Crippen molar-refractivity contribution in [1.29, 1.82) is 0 Å². The van der Waals surface area contributed by atoms with Gasteiger partial charge in [0.25, 0.3) is 0 Å². The smallest absolute Gasteiger partial charge is 0.305 e. The van der Waals surface area contributed by atoms with Gasteiger partial charge < -0.3 is 15.4 Å². The molecule has 0 aromatic heterocycles. The molecule has 0 aliphatic rings. The van der Waals surface area contributed by atoms with Crippen LogP contribution in [0.15, 0.2) is 18.2 Å². The Morgan fingerprint density at radius 2 is 2.04 bits per heavy atom. The molecule has 1 aromatic rings. The minimum atomic E-state index is -0.245. The van der Waals surface area contributed by atoms with Crippen LogP contribution in [0.25, 0.3) is 0 Å². The molecule has 0 fully saturated rings. The highest BCUT2D eigenvalue weighted by Gasteiger charge is 2.11. The molecule has 0 aliphatic heterocycles. The summed E-state index contributed by atoms with van der Waals surface area (Å²) >= 11 is 12.0. The number of benzene rings is 1. The molecular formula is C16H22Cl2N2O3. The quantitative estimate of drug-likeness (QED) is 0.524. The highest BCUT2D eigenvalue weighted by Crippen LogP contribution is 2.25. The van der Waals surface area contributed by atoms with Gasteiger partial charge in [0.05, 0.1) is 13.2 Å². The number of hydrogen-bond acceptors (Lipinski definition) is 4. The lowest BCUT2D eigenvalue weighted by Crippen LogP contribution is -2.35. The van der Waals surface area contributed by atoms with E-state index in [0.29, 0.717) is 36.0 Å². The molecule has 0 aliphatic carbocycles. The summed E-state index contributed by atoms with van der Waals surface area (Å²) in [6.45, 7) is 4.66. The zero-order chi connectivity index (χ0) is 17.2. The Morgan fingerprint density at radius 3 is 2.70 bits per heavy atom. The van der Waals surface area contributed by atoms with E-state index in [1.807, 2.05) is 13.0 Å². The molecule has 1 rings (SSSR count). The van der Waals surface area contributed by atoms with Crippen LogP contribution >= 0.6 is 23.2 Å². The summed E-state index contributed by atoms with van der Waals surface area (Å²) in [5.41, 5.74) is 0.881. The Balaban J connectivity index is 2.26. The Kier molecular flexibility index (Phi) is 8.99. The molecule has 0 saturated heterocycles. The number of ether oxygens (including phenoxy) is 1. The molecule has 1 unspecified atom stereocenters. The first-order valence-electron chi connectivity index (χ1n) is 7.54. The minimum Gasteiger partial charge on any atom is -0.466 e. The first-order chi connectivity index (χ1) is 10.9. The highest BCUT2D eigenvalue weighted by atomic mass is 35.5. The standard InChI is InChI=1S/C16H22Cl2N2O3/c1-3-23-16(22)5-4-8-19-15(21)10-20-11(2)13-7-6-12(17)9-14(13)18/h6-7,9,11,20H,3-5,8,10H2,1-2H3,(H,19,21). The van der Waals surface area contributed by atoms with E-state index in [4.69, 9.17) is 27.9 Å². The number of amides is 1. The summed E-state index contributed by atoms with van der Waals surface area (Å²) in [6.07, 6.45) is 0.863. The Hall–Kier alpha value is -1.30. The molecule has 0 heterocycles. The van der Waals surface area contributed by atoms with Crippen molar-refractivity contribution in [3.05, 3.63) is 33.8 Å². The van der Waals surface area contributed by atoms with Crippen molar-refractivity contribution in [1.82, 2.24) is 10.6 Å². The Bertz CT molecular complexity index is 538. The van der Waals surface area contributed by atoms with E-state index < -0.39 is 0 Å². The van der Waals surface area contributed by atoms with E-state index in [2.05, 4.69) is 10.6 Å². The summed E-state index contributed by atoms with van der Waals surface area (Å²) in [5.74, 6) is -0.378. The molecule has 5 nitrogen and oxygen atoms in total. The van der Waals surface area contributed by atoms with E-state index >= 15 is 0 Å². The van der Waals surface area contributed by atoms with Crippen molar-refractivity contribution in [2.45, 2.75) is 32.7 Å². The van der Waals surface area contributed by atoms with Crippen LogP contribution in [0.3, 0.4) is 0 Å². The first-order valence-corrected chi connectivity index (χ1v) is 8.30. The maximum Gasteiger partial charge on any atom is 0.305 e. The molecule has 1 amide bonds. The van der Waals surface area contributed by atoms with Gasteiger partial charge >= 0.3 is 5.97 Å². The topological polar surface area (TPSA) is 67.4 Å². The predicted molar refractivity (Wildman–Crippen MR) is 91.8 cm³/mol. The SMILES string of the molecule is CCOC(=O)CCCNC(=O)CNC(C)c1ccc(Cl)cc1Cl. The molecule has 23 heavy (non-hydrogen) atoms. The fourth-order valence-corrected chi connectivity index (χ4v) is 2.54. The van der Waals surface area contributed by atoms with Crippen molar-refractivity contribution in [2.75, 3.05) is 19.7 Å². The van der Waals surface area contributed by atoms with Gasteiger partial charge in [-0.05, 0) is 38.0 Å². The van der Waals surface area contributed by atoms with E-state index in [9.17, 15) is 9.59 Å². The van der Waals surface area contributed by atoms with Crippen LogP contribution in [0.2, 0.25) is 10.0 Å². The molecular weight excluding hydrogens is 339 g/mol. The third-order valence-electron chi connectivity index (χ3n) is 3.18. The predicted octanol–water partition coefficient (Wildman–Crippen LogP) is 3.10. The normalized spacial score (nSPS) is 11.8. The average Bonchev–Trinajstić information content (AvgIpc) is 2.49. The molecule has 0 radical (unpaired) electrons. The van der Waals surface area contributed by atoms with Crippen LogP contribution in [0, 0.1) is 0 Å². The number of esters is 1. The van der Waals surface area contributed by atoms with Crippen LogP contribution in [0.4, 0.5) is 0 Å². The van der Waals surface area contributed by atoms with Crippen LogP contribution in [-0.4, -0.2) is 31.6 Å². The van der Waals surface area contributed by atoms with Gasteiger partial charge in [-0.15, -0.1) is 0 Å². The number of halogens is 2. The molecule has 2 N–H and O–H groups in total. The molecule has 7 heteroatoms. The van der Waals surface area contributed by atoms with Crippen molar-refractivity contribution in [3.8, 4) is 0 Å². The van der Waals surface area contributed by atoms with Crippen molar-refractivity contribution in [2.24, 2.45) is 0 Å². The third-order valence-corrected chi connectivity index (χ3v) is 3.75. The van der Waals surface area contributed by atoms with Gasteiger partial charge in [-0.3, -0.25) is 9.59 Å². The third kappa shape index (κ3) is 7.68.